The average Bonchev–Trinajstić information content (AvgIpc) is 3.03. The van der Waals surface area contributed by atoms with E-state index in [0.29, 0.717) is 5.16 Å². The fourth-order valence-electron chi connectivity index (χ4n) is 3.14. The van der Waals surface area contributed by atoms with Crippen molar-refractivity contribution in [1.29, 1.82) is 5.26 Å². The largest absolute Gasteiger partial charge is 0.337 e. The lowest BCUT2D eigenvalue weighted by molar-refractivity contribution is -0.121. The van der Waals surface area contributed by atoms with Gasteiger partial charge < -0.3 is 9.88 Å². The van der Waals surface area contributed by atoms with E-state index in [1.54, 1.807) is 12.4 Å². The van der Waals surface area contributed by atoms with Crippen LogP contribution >= 0.6 is 11.8 Å². The Balaban J connectivity index is 1.68. The van der Waals surface area contributed by atoms with Crippen LogP contribution in [0.25, 0.3) is 11.4 Å². The van der Waals surface area contributed by atoms with Crippen LogP contribution in [0.5, 0.6) is 0 Å². The van der Waals surface area contributed by atoms with Gasteiger partial charge in [-0.3, -0.25) is 9.78 Å². The lowest BCUT2D eigenvalue weighted by Crippen LogP contribution is -2.50. The predicted molar refractivity (Wildman–Crippen MR) is 99.1 cm³/mol. The molecule has 2 heterocycles. The molecular weight excluding hydrogens is 348 g/mol. The van der Waals surface area contributed by atoms with Crippen LogP contribution < -0.4 is 5.32 Å². The van der Waals surface area contributed by atoms with Gasteiger partial charge in [0.15, 0.2) is 11.0 Å². The Morgan fingerprint density at radius 2 is 2.00 bits per heavy atom. The van der Waals surface area contributed by atoms with Gasteiger partial charge in [-0.15, -0.1) is 10.2 Å². The summed E-state index contributed by atoms with van der Waals surface area (Å²) in [5.41, 5.74) is 0.205. The minimum Gasteiger partial charge on any atom is -0.337 e. The van der Waals surface area contributed by atoms with E-state index < -0.39 is 5.54 Å². The SMILES string of the molecule is C[C@H](Sc1nnc(-c2ccncc2)n1C)C(=O)NC1(C#N)CCCCC1. The summed E-state index contributed by atoms with van der Waals surface area (Å²) in [7, 11) is 1.88. The molecule has 0 radical (unpaired) electrons. The number of carbonyl (C=O) groups excluding carboxylic acids is 1. The zero-order valence-corrected chi connectivity index (χ0v) is 15.8. The molecule has 136 valence electrons. The molecule has 0 bridgehead atoms. The highest BCUT2D eigenvalue weighted by molar-refractivity contribution is 8.00. The second-order valence-electron chi connectivity index (χ2n) is 6.60. The summed E-state index contributed by atoms with van der Waals surface area (Å²) in [6.45, 7) is 1.83. The first-order valence-corrected chi connectivity index (χ1v) is 9.62. The number of hydrogen-bond donors (Lipinski definition) is 1. The van der Waals surface area contributed by atoms with E-state index in [1.807, 2.05) is 30.7 Å². The molecular formula is C18H22N6OS. The third-order valence-electron chi connectivity index (χ3n) is 4.71. The average molecular weight is 370 g/mol. The van der Waals surface area contributed by atoms with Crippen LogP contribution in [0.2, 0.25) is 0 Å². The number of amides is 1. The van der Waals surface area contributed by atoms with Gasteiger partial charge >= 0.3 is 0 Å². The van der Waals surface area contributed by atoms with Crippen molar-refractivity contribution >= 4 is 17.7 Å². The quantitative estimate of drug-likeness (QED) is 0.813. The van der Waals surface area contributed by atoms with Gasteiger partial charge in [0, 0.05) is 25.0 Å². The summed E-state index contributed by atoms with van der Waals surface area (Å²) in [6.07, 6.45) is 7.95. The number of thioether (sulfide) groups is 1. The zero-order valence-electron chi connectivity index (χ0n) is 15.0. The summed E-state index contributed by atoms with van der Waals surface area (Å²) in [5, 5.41) is 21.2. The van der Waals surface area contributed by atoms with E-state index in [9.17, 15) is 10.1 Å². The minimum atomic E-state index is -0.716. The van der Waals surface area contributed by atoms with Crippen molar-refractivity contribution in [3.8, 4) is 17.5 Å². The highest BCUT2D eigenvalue weighted by Gasteiger charge is 2.35. The van der Waals surface area contributed by atoms with Crippen molar-refractivity contribution in [3.63, 3.8) is 0 Å². The normalized spacial score (nSPS) is 17.3. The molecule has 1 aliphatic rings. The van der Waals surface area contributed by atoms with Crippen molar-refractivity contribution in [2.24, 2.45) is 7.05 Å². The number of hydrogen-bond acceptors (Lipinski definition) is 6. The molecule has 2 aromatic rings. The highest BCUT2D eigenvalue weighted by atomic mass is 32.2. The lowest BCUT2D eigenvalue weighted by Gasteiger charge is -2.32. The van der Waals surface area contributed by atoms with E-state index in [2.05, 4.69) is 26.6 Å². The Morgan fingerprint density at radius 3 is 2.65 bits per heavy atom. The fraction of sp³-hybridized carbons (Fsp3) is 0.500. The van der Waals surface area contributed by atoms with Crippen LogP contribution in [0.1, 0.15) is 39.0 Å². The number of rotatable bonds is 5. The van der Waals surface area contributed by atoms with E-state index in [4.69, 9.17) is 0 Å². The Labute approximate surface area is 157 Å². The molecule has 0 aliphatic heterocycles. The molecule has 1 N–H and O–H groups in total. The molecule has 0 spiro atoms. The highest BCUT2D eigenvalue weighted by Crippen LogP contribution is 2.29. The molecule has 7 nitrogen and oxygen atoms in total. The Morgan fingerprint density at radius 1 is 1.31 bits per heavy atom. The van der Waals surface area contributed by atoms with Gasteiger partial charge in [-0.25, -0.2) is 0 Å². The van der Waals surface area contributed by atoms with Gasteiger partial charge in [0.1, 0.15) is 5.54 Å². The Hall–Kier alpha value is -2.40. The van der Waals surface area contributed by atoms with Gasteiger partial charge in [0.25, 0.3) is 0 Å². The van der Waals surface area contributed by atoms with Gasteiger partial charge in [-0.2, -0.15) is 5.26 Å². The van der Waals surface area contributed by atoms with Gasteiger partial charge in [-0.1, -0.05) is 31.0 Å². The van der Waals surface area contributed by atoms with Crippen LogP contribution in [-0.2, 0) is 11.8 Å². The second-order valence-corrected chi connectivity index (χ2v) is 7.91. The number of nitrogens with zero attached hydrogens (tertiary/aromatic N) is 5. The van der Waals surface area contributed by atoms with Crippen molar-refractivity contribution in [1.82, 2.24) is 25.1 Å². The molecule has 0 unspecified atom stereocenters. The van der Waals surface area contributed by atoms with Gasteiger partial charge in [0.05, 0.1) is 11.3 Å². The number of pyridine rings is 1. The first kappa shape index (κ1) is 18.4. The first-order chi connectivity index (χ1) is 12.5. The van der Waals surface area contributed by atoms with Crippen molar-refractivity contribution in [2.45, 2.75) is 55.0 Å². The van der Waals surface area contributed by atoms with Crippen molar-refractivity contribution < 1.29 is 4.79 Å². The van der Waals surface area contributed by atoms with Crippen molar-refractivity contribution in [3.05, 3.63) is 24.5 Å². The summed E-state index contributed by atoms with van der Waals surface area (Å²) in [6, 6.07) is 6.06. The van der Waals surface area contributed by atoms with E-state index in [0.717, 1.165) is 43.5 Å². The molecule has 1 aliphatic carbocycles. The summed E-state index contributed by atoms with van der Waals surface area (Å²) >= 11 is 1.34. The smallest absolute Gasteiger partial charge is 0.234 e. The molecule has 0 aromatic carbocycles. The van der Waals surface area contributed by atoms with Gasteiger partial charge in [0.2, 0.25) is 5.91 Å². The standard InChI is InChI=1S/C18H22N6OS/c1-13(16(25)21-18(12-19)8-4-3-5-9-18)26-17-23-22-15(24(17)2)14-6-10-20-11-7-14/h6-7,10-11,13H,3-5,8-9H2,1-2H3,(H,21,25)/t13-/m0/s1. The Kier molecular flexibility index (Phi) is 5.57. The van der Waals surface area contributed by atoms with E-state index in [1.165, 1.54) is 11.8 Å². The second kappa shape index (κ2) is 7.87. The third-order valence-corrected chi connectivity index (χ3v) is 5.84. The van der Waals surface area contributed by atoms with Crippen LogP contribution in [0, 0.1) is 11.3 Å². The van der Waals surface area contributed by atoms with Crippen LogP contribution in [-0.4, -0.2) is 36.4 Å². The number of aromatic nitrogens is 4. The van der Waals surface area contributed by atoms with Crippen LogP contribution in [0.4, 0.5) is 0 Å². The third kappa shape index (κ3) is 3.88. The number of carbonyl (C=O) groups is 1. The monoisotopic (exact) mass is 370 g/mol. The van der Waals surface area contributed by atoms with Crippen LogP contribution in [0.3, 0.4) is 0 Å². The van der Waals surface area contributed by atoms with E-state index >= 15 is 0 Å². The van der Waals surface area contributed by atoms with Gasteiger partial charge in [-0.05, 0) is 31.9 Å². The predicted octanol–water partition coefficient (Wildman–Crippen LogP) is 2.70. The molecule has 3 rings (SSSR count). The lowest BCUT2D eigenvalue weighted by atomic mass is 9.83. The molecule has 1 atom stereocenters. The summed E-state index contributed by atoms with van der Waals surface area (Å²) < 4.78 is 1.87. The zero-order chi connectivity index (χ0) is 18.6. The topological polar surface area (TPSA) is 96.5 Å². The molecule has 1 fully saturated rings. The molecule has 1 saturated carbocycles. The number of nitrogens with one attached hydrogen (secondary N) is 1. The maximum absolute atomic E-state index is 12.6. The summed E-state index contributed by atoms with van der Waals surface area (Å²) in [4.78, 5) is 16.6. The maximum atomic E-state index is 12.6. The van der Waals surface area contributed by atoms with E-state index in [-0.39, 0.29) is 11.2 Å². The van der Waals surface area contributed by atoms with Crippen LogP contribution in [0.15, 0.2) is 29.7 Å². The Bertz CT molecular complexity index is 807. The van der Waals surface area contributed by atoms with Crippen molar-refractivity contribution in [2.75, 3.05) is 0 Å². The first-order valence-electron chi connectivity index (χ1n) is 8.74. The molecule has 8 heteroatoms. The molecule has 0 saturated heterocycles. The molecule has 2 aromatic heterocycles. The molecule has 1 amide bonds. The molecule has 26 heavy (non-hydrogen) atoms. The fourth-order valence-corrected chi connectivity index (χ4v) is 3.95. The minimum absolute atomic E-state index is 0.132. The maximum Gasteiger partial charge on any atom is 0.234 e. The summed E-state index contributed by atoms with van der Waals surface area (Å²) in [5.74, 6) is 0.593. The number of nitriles is 1.